The van der Waals surface area contributed by atoms with Crippen molar-refractivity contribution >= 4 is 11.7 Å². The molecule has 2 aromatic heterocycles. The molecule has 29 heavy (non-hydrogen) atoms. The van der Waals surface area contributed by atoms with Gasteiger partial charge in [-0.2, -0.15) is 0 Å². The Balaban J connectivity index is 1.44. The highest BCUT2D eigenvalue weighted by molar-refractivity contribution is 5.94. The summed E-state index contributed by atoms with van der Waals surface area (Å²) in [6.45, 7) is 1.20. The van der Waals surface area contributed by atoms with Crippen LogP contribution in [0.15, 0.2) is 55.0 Å². The first-order valence-corrected chi connectivity index (χ1v) is 9.35. The zero-order valence-corrected chi connectivity index (χ0v) is 15.7. The van der Waals surface area contributed by atoms with E-state index in [1.165, 1.54) is 18.3 Å². The average Bonchev–Trinajstić information content (AvgIpc) is 2.76. The second kappa shape index (κ2) is 8.22. The summed E-state index contributed by atoms with van der Waals surface area (Å²) in [6, 6.07) is 9.08. The molecule has 1 aromatic carbocycles. The van der Waals surface area contributed by atoms with E-state index in [0.717, 1.165) is 18.5 Å². The molecule has 4 rings (SSSR count). The highest BCUT2D eigenvalue weighted by atomic mass is 19.1. The first-order valence-electron chi connectivity index (χ1n) is 9.35. The van der Waals surface area contributed by atoms with Crippen molar-refractivity contribution in [2.45, 2.75) is 18.8 Å². The Hall–Kier alpha value is -3.55. The van der Waals surface area contributed by atoms with E-state index < -0.39 is 0 Å². The number of hydrogen-bond donors (Lipinski definition) is 1. The summed E-state index contributed by atoms with van der Waals surface area (Å²) in [4.78, 5) is 27.2. The zero-order chi connectivity index (χ0) is 20.2. The van der Waals surface area contributed by atoms with Gasteiger partial charge >= 0.3 is 0 Å². The first-order chi connectivity index (χ1) is 14.1. The average molecular weight is 393 g/mol. The minimum Gasteiger partial charge on any atom is -0.437 e. The lowest BCUT2D eigenvalue weighted by molar-refractivity contribution is 0.0711. The van der Waals surface area contributed by atoms with E-state index in [9.17, 15) is 9.18 Å². The van der Waals surface area contributed by atoms with E-state index in [4.69, 9.17) is 10.5 Å². The molecule has 0 atom stereocenters. The van der Waals surface area contributed by atoms with Gasteiger partial charge in [-0.3, -0.25) is 9.78 Å². The summed E-state index contributed by atoms with van der Waals surface area (Å²) >= 11 is 0. The van der Waals surface area contributed by atoms with Gasteiger partial charge in [-0.1, -0.05) is 0 Å². The van der Waals surface area contributed by atoms with Crippen LogP contribution < -0.4 is 10.5 Å². The van der Waals surface area contributed by atoms with Crippen molar-refractivity contribution in [3.05, 3.63) is 72.1 Å². The number of nitrogens with two attached hydrogens (primary N) is 1. The molecule has 1 saturated heterocycles. The second-order valence-electron chi connectivity index (χ2n) is 6.84. The number of benzene rings is 1. The van der Waals surface area contributed by atoms with Crippen molar-refractivity contribution in [3.63, 3.8) is 0 Å². The number of nitrogens with zero attached hydrogens (tertiary/aromatic N) is 4. The highest BCUT2D eigenvalue weighted by Gasteiger charge is 2.28. The fourth-order valence-corrected chi connectivity index (χ4v) is 3.38. The van der Waals surface area contributed by atoms with Crippen LogP contribution in [0.5, 0.6) is 11.6 Å². The lowest BCUT2D eigenvalue weighted by Crippen LogP contribution is -2.38. The lowest BCUT2D eigenvalue weighted by atomic mass is 9.93. The van der Waals surface area contributed by atoms with E-state index in [1.807, 2.05) is 0 Å². The molecule has 0 radical (unpaired) electrons. The summed E-state index contributed by atoms with van der Waals surface area (Å²) in [5.74, 6) is 1.02. The lowest BCUT2D eigenvalue weighted by Gasteiger charge is -2.32. The number of carbonyl (C=O) groups excluding carboxylic acids is 1. The van der Waals surface area contributed by atoms with E-state index in [1.54, 1.807) is 41.6 Å². The molecule has 0 spiro atoms. The second-order valence-corrected chi connectivity index (χ2v) is 6.84. The van der Waals surface area contributed by atoms with Crippen molar-refractivity contribution in [2.75, 3.05) is 18.8 Å². The van der Waals surface area contributed by atoms with Crippen LogP contribution in [0.1, 0.15) is 34.8 Å². The number of aromatic nitrogens is 3. The number of likely N-dealkylation sites (tertiary alicyclic amines) is 1. The molecule has 1 fully saturated rings. The van der Waals surface area contributed by atoms with Gasteiger partial charge in [0.2, 0.25) is 5.88 Å². The van der Waals surface area contributed by atoms with Crippen molar-refractivity contribution in [3.8, 4) is 11.6 Å². The third-order valence-electron chi connectivity index (χ3n) is 4.92. The van der Waals surface area contributed by atoms with Crippen LogP contribution in [0.2, 0.25) is 0 Å². The molecule has 0 aliphatic carbocycles. The fraction of sp³-hybridized carbons (Fsp3) is 0.238. The smallest absolute Gasteiger partial charge is 0.255 e. The van der Waals surface area contributed by atoms with Gasteiger partial charge in [0.15, 0.2) is 0 Å². The van der Waals surface area contributed by atoms with Gasteiger partial charge < -0.3 is 15.4 Å². The third-order valence-corrected chi connectivity index (χ3v) is 4.92. The third kappa shape index (κ3) is 4.31. The largest absolute Gasteiger partial charge is 0.437 e. The quantitative estimate of drug-likeness (QED) is 0.730. The molecule has 1 amide bonds. The normalized spacial score (nSPS) is 14.6. The Morgan fingerprint density at radius 2 is 1.76 bits per heavy atom. The van der Waals surface area contributed by atoms with Crippen LogP contribution >= 0.6 is 0 Å². The number of pyridine rings is 1. The maximum atomic E-state index is 13.1. The number of anilines is 1. The number of nitrogen functional groups attached to an aromatic ring is 1. The van der Waals surface area contributed by atoms with Gasteiger partial charge in [0, 0.05) is 37.6 Å². The number of amides is 1. The van der Waals surface area contributed by atoms with E-state index in [2.05, 4.69) is 15.0 Å². The van der Waals surface area contributed by atoms with Crippen molar-refractivity contribution < 1.29 is 13.9 Å². The molecule has 0 bridgehead atoms. The van der Waals surface area contributed by atoms with Gasteiger partial charge in [-0.15, -0.1) is 0 Å². The Bertz CT molecular complexity index is 987. The summed E-state index contributed by atoms with van der Waals surface area (Å²) in [5, 5.41) is 0. The van der Waals surface area contributed by atoms with E-state index in [0.29, 0.717) is 36.1 Å². The number of halogens is 1. The molecule has 0 saturated carbocycles. The molecule has 3 heterocycles. The van der Waals surface area contributed by atoms with Crippen molar-refractivity contribution in [1.82, 2.24) is 19.9 Å². The first kappa shape index (κ1) is 18.8. The monoisotopic (exact) mass is 393 g/mol. The standard InChI is InChI=1S/C21H20FN5O2/c22-16-2-4-17(5-3-16)29-20-19(24-9-10-25-20)14-7-11-27(12-8-14)21(28)15-1-6-18(23)26-13-15/h1-6,9-10,13-14H,7-8,11-12H2,(H2,23,26). The number of rotatable bonds is 4. The number of carbonyl (C=O) groups is 1. The van der Waals surface area contributed by atoms with Gasteiger partial charge in [0.25, 0.3) is 5.91 Å². The van der Waals surface area contributed by atoms with E-state index in [-0.39, 0.29) is 17.6 Å². The maximum Gasteiger partial charge on any atom is 0.255 e. The Morgan fingerprint density at radius 1 is 1.03 bits per heavy atom. The molecule has 0 unspecified atom stereocenters. The van der Waals surface area contributed by atoms with Gasteiger partial charge in [-0.25, -0.2) is 14.4 Å². The van der Waals surface area contributed by atoms with Crippen molar-refractivity contribution in [1.29, 1.82) is 0 Å². The maximum absolute atomic E-state index is 13.1. The summed E-state index contributed by atoms with van der Waals surface area (Å²) < 4.78 is 18.9. The SMILES string of the molecule is Nc1ccc(C(=O)N2CCC(c3nccnc3Oc3ccc(F)cc3)CC2)cn1. The minimum absolute atomic E-state index is 0.0575. The molecule has 2 N–H and O–H groups in total. The topological polar surface area (TPSA) is 94.2 Å². The Labute approximate surface area is 167 Å². The number of hydrogen-bond acceptors (Lipinski definition) is 6. The van der Waals surface area contributed by atoms with Crippen LogP contribution in [0.4, 0.5) is 10.2 Å². The van der Waals surface area contributed by atoms with Crippen LogP contribution in [0.3, 0.4) is 0 Å². The van der Waals surface area contributed by atoms with Gasteiger partial charge in [0.1, 0.15) is 23.1 Å². The summed E-state index contributed by atoms with van der Waals surface area (Å²) in [5.41, 5.74) is 6.86. The van der Waals surface area contributed by atoms with Crippen LogP contribution in [-0.2, 0) is 0 Å². The van der Waals surface area contributed by atoms with Crippen molar-refractivity contribution in [2.24, 2.45) is 0 Å². The Kier molecular flexibility index (Phi) is 5.33. The summed E-state index contributed by atoms with van der Waals surface area (Å²) in [6.07, 6.45) is 6.18. The predicted octanol–water partition coefficient (Wildman–Crippen LogP) is 3.41. The van der Waals surface area contributed by atoms with Crippen LogP contribution in [0, 0.1) is 5.82 Å². The van der Waals surface area contributed by atoms with Crippen LogP contribution in [0.25, 0.3) is 0 Å². The Morgan fingerprint density at radius 3 is 2.45 bits per heavy atom. The minimum atomic E-state index is -0.329. The molecular formula is C21H20FN5O2. The molecular weight excluding hydrogens is 373 g/mol. The number of piperidine rings is 1. The van der Waals surface area contributed by atoms with Gasteiger partial charge in [-0.05, 0) is 49.2 Å². The summed E-state index contributed by atoms with van der Waals surface area (Å²) in [7, 11) is 0. The zero-order valence-electron chi connectivity index (χ0n) is 15.7. The molecule has 1 aliphatic heterocycles. The molecule has 3 aromatic rings. The number of ether oxygens (including phenoxy) is 1. The fourth-order valence-electron chi connectivity index (χ4n) is 3.38. The molecule has 1 aliphatic rings. The van der Waals surface area contributed by atoms with E-state index >= 15 is 0 Å². The predicted molar refractivity (Wildman–Crippen MR) is 105 cm³/mol. The molecule has 148 valence electrons. The van der Waals surface area contributed by atoms with Gasteiger partial charge in [0.05, 0.1) is 5.56 Å². The highest BCUT2D eigenvalue weighted by Crippen LogP contribution is 2.33. The molecule has 8 heteroatoms. The molecule has 7 nitrogen and oxygen atoms in total. The van der Waals surface area contributed by atoms with Crippen LogP contribution in [-0.4, -0.2) is 38.8 Å².